The molecule has 12 heteroatoms. The van der Waals surface area contributed by atoms with Gasteiger partial charge in [-0.25, -0.2) is 9.78 Å². The number of nitrogens with zero attached hydrogens (tertiary/aromatic N) is 4. The monoisotopic (exact) mass is 463 g/mol. The van der Waals surface area contributed by atoms with Crippen LogP contribution in [0.3, 0.4) is 0 Å². The Kier molecular flexibility index (Phi) is 5.25. The maximum Gasteiger partial charge on any atom is 0.449 e. The molecule has 4 rings (SSSR count). The minimum atomic E-state index is -4.94. The second kappa shape index (κ2) is 7.79. The third-order valence-electron chi connectivity index (χ3n) is 4.93. The third-order valence-corrected chi connectivity index (χ3v) is 5.61. The number of halogens is 3. The summed E-state index contributed by atoms with van der Waals surface area (Å²) in [6.07, 6.45) is -4.94. The number of carbonyl (C=O) groups is 1. The van der Waals surface area contributed by atoms with Crippen molar-refractivity contribution in [2.75, 3.05) is 5.32 Å². The molecule has 0 fully saturated rings. The highest BCUT2D eigenvalue weighted by molar-refractivity contribution is 7.08. The molecule has 0 atom stereocenters. The van der Waals surface area contributed by atoms with Gasteiger partial charge in [0.2, 0.25) is 11.7 Å². The molecule has 0 aliphatic rings. The zero-order valence-electron chi connectivity index (χ0n) is 16.8. The molecule has 0 unspecified atom stereocenters. The molecule has 8 nitrogen and oxygen atoms in total. The van der Waals surface area contributed by atoms with Crippen molar-refractivity contribution in [3.63, 3.8) is 0 Å². The number of hydrogen-bond donors (Lipinski definition) is 1. The summed E-state index contributed by atoms with van der Waals surface area (Å²) in [6.45, 7) is -0.814. The van der Waals surface area contributed by atoms with Crippen LogP contribution in [0.1, 0.15) is 5.82 Å². The molecule has 0 bridgehead atoms. The molecule has 3 aromatic heterocycles. The molecule has 32 heavy (non-hydrogen) atoms. The van der Waals surface area contributed by atoms with Gasteiger partial charge in [-0.15, -0.1) is 0 Å². The van der Waals surface area contributed by atoms with Crippen LogP contribution < -0.4 is 16.6 Å². The van der Waals surface area contributed by atoms with E-state index in [9.17, 15) is 27.6 Å². The van der Waals surface area contributed by atoms with Gasteiger partial charge in [0.05, 0.1) is 0 Å². The summed E-state index contributed by atoms with van der Waals surface area (Å²) in [5.74, 6) is -2.22. The Morgan fingerprint density at radius 2 is 1.75 bits per heavy atom. The first-order chi connectivity index (χ1) is 15.1. The summed E-state index contributed by atoms with van der Waals surface area (Å²) >= 11 is 1.54. The largest absolute Gasteiger partial charge is 0.449 e. The molecule has 3 heterocycles. The van der Waals surface area contributed by atoms with E-state index in [-0.39, 0.29) is 0 Å². The molecule has 1 amide bonds. The van der Waals surface area contributed by atoms with Crippen LogP contribution >= 0.6 is 11.3 Å². The van der Waals surface area contributed by atoms with Crippen LogP contribution in [-0.2, 0) is 31.6 Å². The fourth-order valence-electron chi connectivity index (χ4n) is 3.34. The number of aryl methyl sites for hydroxylation is 1. The number of imidazole rings is 1. The Hall–Kier alpha value is -3.67. The van der Waals surface area contributed by atoms with E-state index in [0.29, 0.717) is 14.8 Å². The van der Waals surface area contributed by atoms with E-state index in [0.717, 1.165) is 22.7 Å². The highest BCUT2D eigenvalue weighted by atomic mass is 32.1. The highest BCUT2D eigenvalue weighted by Crippen LogP contribution is 2.30. The van der Waals surface area contributed by atoms with Crippen molar-refractivity contribution in [1.29, 1.82) is 0 Å². The number of hydrogen-bond acceptors (Lipinski definition) is 5. The Bertz CT molecular complexity index is 1430. The van der Waals surface area contributed by atoms with E-state index in [4.69, 9.17) is 0 Å². The number of thiophene rings is 1. The second-order valence-electron chi connectivity index (χ2n) is 7.03. The standard InChI is InChI=1S/C20H16F3N5O3S/c1-26-16-15(17(30)27(2)19(26)31)28(18(25-16)20(21,22)23)9-14(29)24-13-5-3-11(4-6-13)12-7-8-32-10-12/h3-8,10H,9H2,1-2H3,(H,24,29). The average molecular weight is 463 g/mol. The number of aromatic nitrogens is 4. The number of carbonyl (C=O) groups excluding carboxylic acids is 1. The average Bonchev–Trinajstić information content (AvgIpc) is 3.39. The molecular weight excluding hydrogens is 447 g/mol. The molecule has 0 saturated heterocycles. The van der Waals surface area contributed by atoms with Crippen molar-refractivity contribution in [3.05, 3.63) is 67.8 Å². The van der Waals surface area contributed by atoms with Crippen molar-refractivity contribution in [2.24, 2.45) is 14.1 Å². The first kappa shape index (κ1) is 21.6. The van der Waals surface area contributed by atoms with Crippen LogP contribution in [0.15, 0.2) is 50.7 Å². The number of anilines is 1. The number of rotatable bonds is 4. The van der Waals surface area contributed by atoms with E-state index in [2.05, 4.69) is 10.3 Å². The summed E-state index contributed by atoms with van der Waals surface area (Å²) < 4.78 is 42.8. The van der Waals surface area contributed by atoms with Crippen LogP contribution in [0.25, 0.3) is 22.3 Å². The van der Waals surface area contributed by atoms with Crippen molar-refractivity contribution < 1.29 is 18.0 Å². The van der Waals surface area contributed by atoms with Gasteiger partial charge in [0.25, 0.3) is 5.56 Å². The maximum absolute atomic E-state index is 13.6. The summed E-state index contributed by atoms with van der Waals surface area (Å²) in [4.78, 5) is 40.6. The van der Waals surface area contributed by atoms with Gasteiger partial charge < -0.3 is 9.88 Å². The lowest BCUT2D eigenvalue weighted by Gasteiger charge is -2.12. The summed E-state index contributed by atoms with van der Waals surface area (Å²) in [7, 11) is 2.35. The molecule has 1 N–H and O–H groups in total. The lowest BCUT2D eigenvalue weighted by molar-refractivity contribution is -0.147. The SMILES string of the molecule is Cn1c(=O)c2c(nc(C(F)(F)F)n2CC(=O)Nc2ccc(-c3ccsc3)cc2)n(C)c1=O. The number of benzene rings is 1. The van der Waals surface area contributed by atoms with Crippen molar-refractivity contribution in [1.82, 2.24) is 18.7 Å². The van der Waals surface area contributed by atoms with Crippen molar-refractivity contribution in [2.45, 2.75) is 12.7 Å². The van der Waals surface area contributed by atoms with Gasteiger partial charge in [-0.05, 0) is 40.1 Å². The normalized spacial score (nSPS) is 11.8. The Balaban J connectivity index is 1.69. The minimum Gasteiger partial charge on any atom is -0.325 e. The Morgan fingerprint density at radius 3 is 2.34 bits per heavy atom. The Morgan fingerprint density at radius 1 is 1.06 bits per heavy atom. The lowest BCUT2D eigenvalue weighted by Crippen LogP contribution is -2.38. The highest BCUT2D eigenvalue weighted by Gasteiger charge is 2.39. The fourth-order valence-corrected chi connectivity index (χ4v) is 4.00. The fraction of sp³-hybridized carbons (Fsp3) is 0.200. The van der Waals surface area contributed by atoms with E-state index in [1.165, 1.54) is 7.05 Å². The topological polar surface area (TPSA) is 90.9 Å². The van der Waals surface area contributed by atoms with Gasteiger partial charge >= 0.3 is 11.9 Å². The third kappa shape index (κ3) is 3.73. The van der Waals surface area contributed by atoms with Crippen LogP contribution in [0.2, 0.25) is 0 Å². The van der Waals surface area contributed by atoms with E-state index < -0.39 is 46.9 Å². The number of nitrogens with one attached hydrogen (secondary N) is 1. The molecule has 4 aromatic rings. The summed E-state index contributed by atoms with van der Waals surface area (Å²) in [5.41, 5.74) is -0.409. The number of fused-ring (bicyclic) bond motifs is 1. The Labute approximate surface area is 182 Å². The predicted octanol–water partition coefficient (Wildman–Crippen LogP) is 2.82. The van der Waals surface area contributed by atoms with Crippen LogP contribution in [0, 0.1) is 0 Å². The molecular formula is C20H16F3N5O3S. The van der Waals surface area contributed by atoms with Gasteiger partial charge in [0, 0.05) is 19.8 Å². The van der Waals surface area contributed by atoms with Crippen molar-refractivity contribution >= 4 is 34.1 Å². The quantitative estimate of drug-likeness (QED) is 0.504. The number of amides is 1. The van der Waals surface area contributed by atoms with Gasteiger partial charge in [-0.1, -0.05) is 12.1 Å². The first-order valence-corrected chi connectivity index (χ1v) is 10.2. The van der Waals surface area contributed by atoms with E-state index in [1.807, 2.05) is 16.8 Å². The molecule has 0 radical (unpaired) electrons. The summed E-state index contributed by atoms with van der Waals surface area (Å²) in [5, 5.41) is 6.42. The molecule has 0 aliphatic heterocycles. The molecule has 166 valence electrons. The van der Waals surface area contributed by atoms with Gasteiger partial charge in [-0.2, -0.15) is 24.5 Å². The molecule has 1 aromatic carbocycles. The lowest BCUT2D eigenvalue weighted by atomic mass is 10.1. The van der Waals surface area contributed by atoms with Gasteiger partial charge in [-0.3, -0.25) is 18.7 Å². The van der Waals surface area contributed by atoms with E-state index >= 15 is 0 Å². The molecule has 0 saturated carbocycles. The van der Waals surface area contributed by atoms with Gasteiger partial charge in [0.15, 0.2) is 11.2 Å². The number of alkyl halides is 3. The first-order valence-electron chi connectivity index (χ1n) is 9.24. The molecule has 0 aliphatic carbocycles. The van der Waals surface area contributed by atoms with Gasteiger partial charge in [0.1, 0.15) is 6.54 Å². The maximum atomic E-state index is 13.6. The summed E-state index contributed by atoms with van der Waals surface area (Å²) in [6, 6.07) is 8.75. The predicted molar refractivity (Wildman–Crippen MR) is 114 cm³/mol. The zero-order chi connectivity index (χ0) is 23.2. The molecule has 0 spiro atoms. The van der Waals surface area contributed by atoms with Crippen LogP contribution in [-0.4, -0.2) is 24.6 Å². The smallest absolute Gasteiger partial charge is 0.325 e. The van der Waals surface area contributed by atoms with E-state index in [1.54, 1.807) is 35.6 Å². The van der Waals surface area contributed by atoms with Crippen molar-refractivity contribution in [3.8, 4) is 11.1 Å². The van der Waals surface area contributed by atoms with Crippen LogP contribution in [0.4, 0.5) is 18.9 Å². The minimum absolute atomic E-state index is 0.382. The van der Waals surface area contributed by atoms with Crippen LogP contribution in [0.5, 0.6) is 0 Å². The zero-order valence-corrected chi connectivity index (χ0v) is 17.6. The second-order valence-corrected chi connectivity index (χ2v) is 7.81.